The average Bonchev–Trinajstić information content (AvgIpc) is 2.79. The van der Waals surface area contributed by atoms with Crippen molar-refractivity contribution in [1.82, 2.24) is 0 Å². The molecule has 1 aromatic rings. The molecule has 0 bridgehead atoms. The number of hydrogen-bond acceptors (Lipinski definition) is 2. The number of nitrogens with two attached hydrogens (primary N) is 1. The van der Waals surface area contributed by atoms with Crippen molar-refractivity contribution in [2.24, 2.45) is 22.5 Å². The Labute approximate surface area is 140 Å². The number of halogens is 2. The van der Waals surface area contributed by atoms with Crippen LogP contribution in [-0.2, 0) is 12.0 Å². The third kappa shape index (κ3) is 1.96. The summed E-state index contributed by atoms with van der Waals surface area (Å²) in [4.78, 5) is 0. The van der Waals surface area contributed by atoms with Crippen LogP contribution in [0.25, 0.3) is 0 Å². The van der Waals surface area contributed by atoms with Gasteiger partial charge in [0.15, 0.2) is 0 Å². The van der Waals surface area contributed by atoms with Crippen LogP contribution in [0.1, 0.15) is 51.7 Å². The van der Waals surface area contributed by atoms with Gasteiger partial charge < -0.3 is 10.8 Å². The van der Waals surface area contributed by atoms with E-state index in [1.54, 1.807) is 6.07 Å². The highest BCUT2D eigenvalue weighted by molar-refractivity contribution is 9.10. The average molecular weight is 370 g/mol. The van der Waals surface area contributed by atoms with E-state index in [-0.39, 0.29) is 28.6 Å². The standard InChI is InChI=1S/C18H25BrFNO/c1-16(2)8-7-11(15(16)21)18(22)13-10(9-17(18,3)4)5-6-12(20)14(13)19/h5-6,11,15,22H,7-9,21H2,1-4H3. The lowest BCUT2D eigenvalue weighted by molar-refractivity contribution is -0.113. The fraction of sp³-hybridized carbons (Fsp3) is 0.667. The fourth-order valence-electron chi connectivity index (χ4n) is 4.67. The van der Waals surface area contributed by atoms with Gasteiger partial charge in [0.25, 0.3) is 0 Å². The first kappa shape index (κ1) is 16.4. The van der Waals surface area contributed by atoms with Crippen LogP contribution >= 0.6 is 15.9 Å². The zero-order chi connectivity index (χ0) is 16.5. The summed E-state index contributed by atoms with van der Waals surface area (Å²) in [6.07, 6.45) is 2.59. The van der Waals surface area contributed by atoms with E-state index in [2.05, 4.69) is 43.6 Å². The van der Waals surface area contributed by atoms with Crippen molar-refractivity contribution in [1.29, 1.82) is 0 Å². The Bertz CT molecular complexity index is 628. The van der Waals surface area contributed by atoms with E-state index >= 15 is 0 Å². The summed E-state index contributed by atoms with van der Waals surface area (Å²) in [5.74, 6) is -0.377. The molecular formula is C18H25BrFNO. The van der Waals surface area contributed by atoms with E-state index in [9.17, 15) is 9.50 Å². The van der Waals surface area contributed by atoms with E-state index in [1.165, 1.54) is 6.07 Å². The highest BCUT2D eigenvalue weighted by Gasteiger charge is 2.61. The summed E-state index contributed by atoms with van der Waals surface area (Å²) < 4.78 is 14.5. The van der Waals surface area contributed by atoms with Gasteiger partial charge in [-0.1, -0.05) is 33.8 Å². The van der Waals surface area contributed by atoms with Gasteiger partial charge in [-0.25, -0.2) is 4.39 Å². The lowest BCUT2D eigenvalue weighted by Gasteiger charge is -2.45. The second-order valence-electron chi connectivity index (χ2n) is 8.38. The summed E-state index contributed by atoms with van der Waals surface area (Å²) >= 11 is 3.38. The highest BCUT2D eigenvalue weighted by atomic mass is 79.9. The molecule has 0 amide bonds. The van der Waals surface area contributed by atoms with Crippen molar-refractivity contribution in [2.75, 3.05) is 0 Å². The van der Waals surface area contributed by atoms with Gasteiger partial charge >= 0.3 is 0 Å². The first-order valence-corrected chi connectivity index (χ1v) is 8.77. The number of benzene rings is 1. The lowest BCUT2D eigenvalue weighted by Crippen LogP contribution is -2.52. The SMILES string of the molecule is CC1(C)CCC(C2(O)c3c(ccc(F)c3Br)CC2(C)C)C1N. The van der Waals surface area contributed by atoms with Gasteiger partial charge in [0.1, 0.15) is 11.4 Å². The van der Waals surface area contributed by atoms with Gasteiger partial charge in [0.2, 0.25) is 0 Å². The van der Waals surface area contributed by atoms with Gasteiger partial charge in [0.05, 0.1) is 4.47 Å². The van der Waals surface area contributed by atoms with E-state index < -0.39 is 5.60 Å². The molecule has 1 aromatic carbocycles. The molecule has 1 saturated carbocycles. The van der Waals surface area contributed by atoms with Gasteiger partial charge in [-0.3, -0.25) is 0 Å². The predicted molar refractivity (Wildman–Crippen MR) is 90.0 cm³/mol. The van der Waals surface area contributed by atoms with Crippen LogP contribution < -0.4 is 5.73 Å². The van der Waals surface area contributed by atoms with Gasteiger partial charge in [-0.15, -0.1) is 0 Å². The third-order valence-corrected chi connectivity index (χ3v) is 6.97. The second-order valence-corrected chi connectivity index (χ2v) is 9.18. The zero-order valence-corrected chi connectivity index (χ0v) is 15.3. The molecule has 0 aromatic heterocycles. The first-order valence-electron chi connectivity index (χ1n) is 7.98. The Kier molecular flexibility index (Phi) is 3.56. The van der Waals surface area contributed by atoms with Crippen molar-refractivity contribution < 1.29 is 9.50 Å². The molecule has 2 aliphatic rings. The summed E-state index contributed by atoms with van der Waals surface area (Å²) in [7, 11) is 0. The zero-order valence-electron chi connectivity index (χ0n) is 13.7. The molecule has 1 fully saturated rings. The summed E-state index contributed by atoms with van der Waals surface area (Å²) in [6.45, 7) is 8.44. The van der Waals surface area contributed by atoms with Gasteiger partial charge in [-0.2, -0.15) is 0 Å². The van der Waals surface area contributed by atoms with E-state index in [1.807, 2.05) is 0 Å². The van der Waals surface area contributed by atoms with Gasteiger partial charge in [-0.05, 0) is 52.2 Å². The Hall–Kier alpha value is -0.450. The monoisotopic (exact) mass is 369 g/mol. The molecule has 0 spiro atoms. The molecule has 122 valence electrons. The molecule has 2 nitrogen and oxygen atoms in total. The number of fused-ring (bicyclic) bond motifs is 1. The Morgan fingerprint density at radius 1 is 1.27 bits per heavy atom. The summed E-state index contributed by atoms with van der Waals surface area (Å²) in [5.41, 5.74) is 6.79. The molecule has 22 heavy (non-hydrogen) atoms. The van der Waals surface area contributed by atoms with Crippen LogP contribution in [0.5, 0.6) is 0 Å². The molecule has 2 aliphatic carbocycles. The van der Waals surface area contributed by atoms with Crippen LogP contribution in [0.3, 0.4) is 0 Å². The molecule has 0 aliphatic heterocycles. The maximum absolute atomic E-state index is 14.1. The molecule has 3 unspecified atom stereocenters. The number of hydrogen-bond donors (Lipinski definition) is 2. The molecule has 3 N–H and O–H groups in total. The molecule has 3 rings (SSSR count). The smallest absolute Gasteiger partial charge is 0.137 e. The fourth-order valence-corrected chi connectivity index (χ4v) is 5.36. The molecule has 3 atom stereocenters. The molecule has 0 saturated heterocycles. The second kappa shape index (κ2) is 4.78. The minimum atomic E-state index is -1.10. The van der Waals surface area contributed by atoms with E-state index in [0.29, 0.717) is 4.47 Å². The van der Waals surface area contributed by atoms with Crippen LogP contribution in [0, 0.1) is 22.6 Å². The number of rotatable bonds is 1. The third-order valence-electron chi connectivity index (χ3n) is 6.20. The molecular weight excluding hydrogens is 345 g/mol. The van der Waals surface area contributed by atoms with Crippen molar-refractivity contribution in [3.8, 4) is 0 Å². The highest BCUT2D eigenvalue weighted by Crippen LogP contribution is 2.61. The van der Waals surface area contributed by atoms with Crippen molar-refractivity contribution in [3.05, 3.63) is 33.5 Å². The van der Waals surface area contributed by atoms with Crippen LogP contribution in [-0.4, -0.2) is 11.1 Å². The molecule has 4 heteroatoms. The maximum atomic E-state index is 14.1. The largest absolute Gasteiger partial charge is 0.384 e. The Balaban J connectivity index is 2.20. The van der Waals surface area contributed by atoms with Crippen LogP contribution in [0.4, 0.5) is 4.39 Å². The minimum Gasteiger partial charge on any atom is -0.384 e. The Morgan fingerprint density at radius 2 is 1.91 bits per heavy atom. The maximum Gasteiger partial charge on any atom is 0.137 e. The van der Waals surface area contributed by atoms with Crippen LogP contribution in [0.2, 0.25) is 0 Å². The summed E-state index contributed by atoms with van der Waals surface area (Å²) in [5, 5.41) is 11.8. The molecule has 0 radical (unpaired) electrons. The van der Waals surface area contributed by atoms with Crippen LogP contribution in [0.15, 0.2) is 16.6 Å². The predicted octanol–water partition coefficient (Wildman–Crippen LogP) is 4.12. The topological polar surface area (TPSA) is 46.2 Å². The van der Waals surface area contributed by atoms with E-state index in [4.69, 9.17) is 5.73 Å². The van der Waals surface area contributed by atoms with Gasteiger partial charge in [0, 0.05) is 22.9 Å². The molecule has 0 heterocycles. The summed E-state index contributed by atoms with van der Waals surface area (Å²) in [6, 6.07) is 3.18. The Morgan fingerprint density at radius 3 is 2.45 bits per heavy atom. The lowest BCUT2D eigenvalue weighted by atomic mass is 9.65. The first-order chi connectivity index (χ1) is 10.0. The van der Waals surface area contributed by atoms with Crippen molar-refractivity contribution >= 4 is 15.9 Å². The van der Waals surface area contributed by atoms with Crippen molar-refractivity contribution in [3.63, 3.8) is 0 Å². The van der Waals surface area contributed by atoms with Crippen molar-refractivity contribution in [2.45, 2.75) is 58.6 Å². The van der Waals surface area contributed by atoms with E-state index in [0.717, 1.165) is 30.4 Å². The minimum absolute atomic E-state index is 0.000961. The normalized spacial score (nSPS) is 35.6. The number of aliphatic hydroxyl groups is 1. The quantitative estimate of drug-likeness (QED) is 0.781.